The molecule has 0 saturated carbocycles. The van der Waals surface area contributed by atoms with Crippen molar-refractivity contribution in [2.24, 2.45) is 0 Å². The fraction of sp³-hybridized carbons (Fsp3) is 0.278. The Morgan fingerprint density at radius 2 is 1.76 bits per heavy atom. The van der Waals surface area contributed by atoms with Crippen LogP contribution in [0.25, 0.3) is 0 Å². The van der Waals surface area contributed by atoms with Gasteiger partial charge in [-0.1, -0.05) is 30.3 Å². The number of hydrogen-bond acceptors (Lipinski definition) is 2. The molecule has 110 valence electrons. The second-order valence-corrected chi connectivity index (χ2v) is 5.72. The third-order valence-electron chi connectivity index (χ3n) is 3.92. The summed E-state index contributed by atoms with van der Waals surface area (Å²) in [6.45, 7) is 7.69. The summed E-state index contributed by atoms with van der Waals surface area (Å²) in [5.74, 6) is -0.896. The third kappa shape index (κ3) is 3.07. The molecular formula is C18H21NO2. The Labute approximate surface area is 125 Å². The fourth-order valence-electron chi connectivity index (χ4n) is 2.31. The third-order valence-corrected chi connectivity index (χ3v) is 3.92. The summed E-state index contributed by atoms with van der Waals surface area (Å²) in [5, 5.41) is 12.9. The van der Waals surface area contributed by atoms with Crippen molar-refractivity contribution in [1.29, 1.82) is 0 Å². The number of carboxylic acids is 1. The van der Waals surface area contributed by atoms with Gasteiger partial charge in [-0.15, -0.1) is 0 Å². The summed E-state index contributed by atoms with van der Waals surface area (Å²) >= 11 is 0. The van der Waals surface area contributed by atoms with Gasteiger partial charge in [0.2, 0.25) is 0 Å². The van der Waals surface area contributed by atoms with E-state index in [0.29, 0.717) is 0 Å². The highest BCUT2D eigenvalue weighted by molar-refractivity contribution is 5.84. The highest BCUT2D eigenvalue weighted by atomic mass is 16.4. The van der Waals surface area contributed by atoms with E-state index in [2.05, 4.69) is 5.32 Å². The number of aryl methyl sites for hydroxylation is 3. The van der Waals surface area contributed by atoms with Crippen LogP contribution in [-0.2, 0) is 10.3 Å². The van der Waals surface area contributed by atoms with Crippen LogP contribution in [0.4, 0.5) is 5.69 Å². The number of hydrogen-bond donors (Lipinski definition) is 2. The summed E-state index contributed by atoms with van der Waals surface area (Å²) in [6, 6.07) is 13.5. The molecule has 0 radical (unpaired) electrons. The van der Waals surface area contributed by atoms with Crippen LogP contribution >= 0.6 is 0 Å². The first-order chi connectivity index (χ1) is 9.83. The Morgan fingerprint density at radius 3 is 2.33 bits per heavy atom. The van der Waals surface area contributed by atoms with Gasteiger partial charge in [0, 0.05) is 5.69 Å². The van der Waals surface area contributed by atoms with Crippen molar-refractivity contribution in [1.82, 2.24) is 0 Å². The minimum absolute atomic E-state index is 0.750. The van der Waals surface area contributed by atoms with Gasteiger partial charge in [-0.2, -0.15) is 0 Å². The van der Waals surface area contributed by atoms with Crippen LogP contribution in [0.3, 0.4) is 0 Å². The topological polar surface area (TPSA) is 49.3 Å². The molecule has 0 aliphatic carbocycles. The summed E-state index contributed by atoms with van der Waals surface area (Å²) < 4.78 is 0. The van der Waals surface area contributed by atoms with Gasteiger partial charge in [-0.3, -0.25) is 0 Å². The van der Waals surface area contributed by atoms with Crippen LogP contribution in [0.5, 0.6) is 0 Å². The van der Waals surface area contributed by atoms with E-state index in [-0.39, 0.29) is 0 Å². The van der Waals surface area contributed by atoms with E-state index in [1.807, 2.05) is 63.2 Å². The fourth-order valence-corrected chi connectivity index (χ4v) is 2.31. The van der Waals surface area contributed by atoms with E-state index in [9.17, 15) is 9.90 Å². The van der Waals surface area contributed by atoms with Crippen LogP contribution < -0.4 is 5.32 Å². The van der Waals surface area contributed by atoms with Crippen molar-refractivity contribution in [3.63, 3.8) is 0 Å². The first kappa shape index (κ1) is 15.1. The van der Waals surface area contributed by atoms with Crippen molar-refractivity contribution in [3.8, 4) is 0 Å². The number of carbonyl (C=O) groups is 1. The lowest BCUT2D eigenvalue weighted by Gasteiger charge is -2.28. The number of rotatable bonds is 4. The zero-order valence-corrected chi connectivity index (χ0v) is 12.9. The number of carboxylic acid groups (broad SMARTS) is 1. The van der Waals surface area contributed by atoms with E-state index in [1.54, 1.807) is 6.92 Å². The Morgan fingerprint density at radius 1 is 1.05 bits per heavy atom. The second kappa shape index (κ2) is 5.60. The van der Waals surface area contributed by atoms with Crippen LogP contribution in [0.2, 0.25) is 0 Å². The van der Waals surface area contributed by atoms with Gasteiger partial charge >= 0.3 is 5.97 Å². The molecular weight excluding hydrogens is 262 g/mol. The SMILES string of the molecule is Cc1cccc(NC(C)(C(=O)O)c2ccc(C)c(C)c2)c1. The molecule has 0 heterocycles. The number of aliphatic carboxylic acids is 1. The highest BCUT2D eigenvalue weighted by Gasteiger charge is 2.35. The number of nitrogens with one attached hydrogen (secondary N) is 1. The van der Waals surface area contributed by atoms with Crippen molar-refractivity contribution in [2.75, 3.05) is 5.32 Å². The van der Waals surface area contributed by atoms with Crippen molar-refractivity contribution in [2.45, 2.75) is 33.2 Å². The summed E-state index contributed by atoms with van der Waals surface area (Å²) in [6.07, 6.45) is 0. The van der Waals surface area contributed by atoms with Crippen LogP contribution in [0.1, 0.15) is 29.2 Å². The summed E-state index contributed by atoms with van der Waals surface area (Å²) in [7, 11) is 0. The molecule has 0 saturated heterocycles. The molecule has 0 aromatic heterocycles. The number of anilines is 1. The quantitative estimate of drug-likeness (QED) is 0.891. The molecule has 3 nitrogen and oxygen atoms in total. The number of benzene rings is 2. The second-order valence-electron chi connectivity index (χ2n) is 5.72. The Bertz CT molecular complexity index is 679. The van der Waals surface area contributed by atoms with Crippen molar-refractivity contribution < 1.29 is 9.90 Å². The van der Waals surface area contributed by atoms with Crippen molar-refractivity contribution in [3.05, 3.63) is 64.7 Å². The Hall–Kier alpha value is -2.29. The molecule has 0 bridgehead atoms. The molecule has 0 aliphatic heterocycles. The maximum Gasteiger partial charge on any atom is 0.333 e. The predicted molar refractivity (Wildman–Crippen MR) is 85.7 cm³/mol. The Kier molecular flexibility index (Phi) is 4.03. The molecule has 0 amide bonds. The zero-order valence-electron chi connectivity index (χ0n) is 12.9. The molecule has 2 aromatic carbocycles. The van der Waals surface area contributed by atoms with Gasteiger partial charge in [0.05, 0.1) is 0 Å². The first-order valence-corrected chi connectivity index (χ1v) is 6.99. The summed E-state index contributed by atoms with van der Waals surface area (Å²) in [5.41, 5.74) is 3.73. The summed E-state index contributed by atoms with van der Waals surface area (Å²) in [4.78, 5) is 11.8. The molecule has 1 atom stereocenters. The maximum atomic E-state index is 11.8. The Balaban J connectivity index is 2.45. The maximum absolute atomic E-state index is 11.8. The smallest absolute Gasteiger partial charge is 0.333 e. The predicted octanol–water partition coefficient (Wildman–Crippen LogP) is 4.02. The monoisotopic (exact) mass is 283 g/mol. The van der Waals surface area contributed by atoms with Crippen LogP contribution in [0.15, 0.2) is 42.5 Å². The highest BCUT2D eigenvalue weighted by Crippen LogP contribution is 2.28. The standard InChI is InChI=1S/C18H21NO2/c1-12-6-5-7-16(10-12)19-18(4,17(20)21)15-9-8-13(2)14(3)11-15/h5-11,19H,1-4H3,(H,20,21). The van der Waals surface area contributed by atoms with Gasteiger partial charge in [-0.25, -0.2) is 4.79 Å². The molecule has 1 unspecified atom stereocenters. The van der Waals surface area contributed by atoms with Gasteiger partial charge in [-0.05, 0) is 62.1 Å². The molecule has 21 heavy (non-hydrogen) atoms. The molecule has 0 aliphatic rings. The van der Waals surface area contributed by atoms with Gasteiger partial charge in [0.1, 0.15) is 0 Å². The molecule has 0 spiro atoms. The molecule has 0 fully saturated rings. The molecule has 2 aromatic rings. The first-order valence-electron chi connectivity index (χ1n) is 6.99. The van der Waals surface area contributed by atoms with Gasteiger partial charge < -0.3 is 10.4 Å². The lowest BCUT2D eigenvalue weighted by molar-refractivity contribution is -0.142. The van der Waals surface area contributed by atoms with E-state index in [1.165, 1.54) is 0 Å². The molecule has 2 N–H and O–H groups in total. The van der Waals surface area contributed by atoms with E-state index >= 15 is 0 Å². The molecule has 3 heteroatoms. The minimum atomic E-state index is -1.16. The zero-order chi connectivity index (χ0) is 15.6. The van der Waals surface area contributed by atoms with E-state index in [0.717, 1.165) is 27.9 Å². The van der Waals surface area contributed by atoms with E-state index < -0.39 is 11.5 Å². The van der Waals surface area contributed by atoms with Gasteiger partial charge in [0.25, 0.3) is 0 Å². The lowest BCUT2D eigenvalue weighted by atomic mass is 9.89. The average Bonchev–Trinajstić information content (AvgIpc) is 2.41. The largest absolute Gasteiger partial charge is 0.479 e. The normalized spacial score (nSPS) is 13.5. The minimum Gasteiger partial charge on any atom is -0.479 e. The van der Waals surface area contributed by atoms with E-state index in [4.69, 9.17) is 0 Å². The average molecular weight is 283 g/mol. The van der Waals surface area contributed by atoms with Crippen molar-refractivity contribution >= 4 is 11.7 Å². The van der Waals surface area contributed by atoms with Gasteiger partial charge in [0.15, 0.2) is 5.54 Å². The van der Waals surface area contributed by atoms with Crippen LogP contribution in [-0.4, -0.2) is 11.1 Å². The van der Waals surface area contributed by atoms with Crippen LogP contribution in [0, 0.1) is 20.8 Å². The molecule has 2 rings (SSSR count). The lowest BCUT2D eigenvalue weighted by Crippen LogP contribution is -2.40.